The van der Waals surface area contributed by atoms with Gasteiger partial charge in [0.15, 0.2) is 0 Å². The Bertz CT molecular complexity index is 261. The Morgan fingerprint density at radius 3 is 2.12 bits per heavy atom. The Kier molecular flexibility index (Phi) is 9.11. The highest BCUT2D eigenvalue weighted by Crippen LogP contribution is 2.18. The van der Waals surface area contributed by atoms with Gasteiger partial charge >= 0.3 is 0 Å². The third-order valence-electron chi connectivity index (χ3n) is 2.92. The summed E-state index contributed by atoms with van der Waals surface area (Å²) < 4.78 is 0. The number of unbranched alkanes of at least 4 members (excludes halogenated alkanes) is 7. The van der Waals surface area contributed by atoms with Gasteiger partial charge in [-0.2, -0.15) is 0 Å². The summed E-state index contributed by atoms with van der Waals surface area (Å²) in [5.74, 6) is 1.25. The zero-order valence-electron chi connectivity index (χ0n) is 11.0. The van der Waals surface area contributed by atoms with Crippen molar-refractivity contribution in [1.29, 1.82) is 0 Å². The standard InChI is InChI=1S/C15H25NS/c1-2-3-4-5-6-7-8-9-14-17-15-10-12-16-13-11-15/h10-13H,2-9,14H2,1H3. The molecule has 0 aliphatic rings. The van der Waals surface area contributed by atoms with Gasteiger partial charge in [0.05, 0.1) is 0 Å². The molecule has 1 heterocycles. The molecule has 1 aromatic rings. The predicted octanol–water partition coefficient (Wildman–Crippen LogP) is 5.31. The Balaban J connectivity index is 1.85. The van der Waals surface area contributed by atoms with E-state index in [2.05, 4.69) is 24.0 Å². The maximum Gasteiger partial charge on any atom is 0.0278 e. The maximum absolute atomic E-state index is 4.03. The lowest BCUT2D eigenvalue weighted by atomic mass is 10.1. The van der Waals surface area contributed by atoms with Gasteiger partial charge < -0.3 is 0 Å². The smallest absolute Gasteiger partial charge is 0.0278 e. The summed E-state index contributed by atoms with van der Waals surface area (Å²) in [6, 6.07) is 4.19. The van der Waals surface area contributed by atoms with Crippen LogP contribution in [0.25, 0.3) is 0 Å². The molecule has 17 heavy (non-hydrogen) atoms. The monoisotopic (exact) mass is 251 g/mol. The van der Waals surface area contributed by atoms with E-state index in [0.717, 1.165) is 0 Å². The topological polar surface area (TPSA) is 12.9 Å². The van der Waals surface area contributed by atoms with Gasteiger partial charge in [-0.15, -0.1) is 11.8 Å². The van der Waals surface area contributed by atoms with E-state index in [1.807, 2.05) is 24.2 Å². The summed E-state index contributed by atoms with van der Waals surface area (Å²) in [6.45, 7) is 2.27. The van der Waals surface area contributed by atoms with Gasteiger partial charge in [-0.25, -0.2) is 0 Å². The Morgan fingerprint density at radius 1 is 0.882 bits per heavy atom. The van der Waals surface area contributed by atoms with E-state index in [4.69, 9.17) is 0 Å². The lowest BCUT2D eigenvalue weighted by Gasteiger charge is -2.02. The van der Waals surface area contributed by atoms with Gasteiger partial charge in [0, 0.05) is 17.3 Å². The summed E-state index contributed by atoms with van der Waals surface area (Å²) in [5.41, 5.74) is 0. The molecule has 0 saturated carbocycles. The number of nitrogens with zero attached hydrogens (tertiary/aromatic N) is 1. The average Bonchev–Trinajstić information content (AvgIpc) is 2.38. The van der Waals surface area contributed by atoms with E-state index in [1.54, 1.807) is 0 Å². The molecule has 0 unspecified atom stereocenters. The molecule has 0 fully saturated rings. The molecule has 1 rings (SSSR count). The van der Waals surface area contributed by atoms with Crippen LogP contribution in [0.5, 0.6) is 0 Å². The van der Waals surface area contributed by atoms with Crippen LogP contribution in [0.2, 0.25) is 0 Å². The minimum Gasteiger partial charge on any atom is -0.265 e. The number of hydrogen-bond acceptors (Lipinski definition) is 2. The molecule has 0 saturated heterocycles. The highest BCUT2D eigenvalue weighted by Gasteiger charge is 1.94. The summed E-state index contributed by atoms with van der Waals surface area (Å²) in [4.78, 5) is 5.38. The molecule has 0 aliphatic heterocycles. The number of hydrogen-bond donors (Lipinski definition) is 0. The fourth-order valence-corrected chi connectivity index (χ4v) is 2.76. The highest BCUT2D eigenvalue weighted by molar-refractivity contribution is 7.99. The molecule has 0 aromatic carbocycles. The zero-order chi connectivity index (χ0) is 12.2. The lowest BCUT2D eigenvalue weighted by molar-refractivity contribution is 0.586. The van der Waals surface area contributed by atoms with E-state index >= 15 is 0 Å². The van der Waals surface area contributed by atoms with Crippen molar-refractivity contribution in [2.45, 2.75) is 63.2 Å². The van der Waals surface area contributed by atoms with E-state index in [0.29, 0.717) is 0 Å². The van der Waals surface area contributed by atoms with Gasteiger partial charge in [0.2, 0.25) is 0 Å². The van der Waals surface area contributed by atoms with Crippen LogP contribution in [0.1, 0.15) is 58.3 Å². The molecular formula is C15H25NS. The molecule has 0 bridgehead atoms. The quantitative estimate of drug-likeness (QED) is 0.412. The molecule has 0 radical (unpaired) electrons. The van der Waals surface area contributed by atoms with E-state index in [9.17, 15) is 0 Å². The first-order valence-corrected chi connectivity index (χ1v) is 7.95. The zero-order valence-corrected chi connectivity index (χ0v) is 11.8. The number of rotatable bonds is 10. The van der Waals surface area contributed by atoms with Gasteiger partial charge in [-0.3, -0.25) is 4.98 Å². The van der Waals surface area contributed by atoms with Gasteiger partial charge in [0.1, 0.15) is 0 Å². The van der Waals surface area contributed by atoms with Crippen molar-refractivity contribution in [1.82, 2.24) is 4.98 Å². The van der Waals surface area contributed by atoms with Crippen LogP contribution < -0.4 is 0 Å². The highest BCUT2D eigenvalue weighted by atomic mass is 32.2. The molecule has 0 N–H and O–H groups in total. The average molecular weight is 251 g/mol. The van der Waals surface area contributed by atoms with Crippen molar-refractivity contribution in [3.05, 3.63) is 24.5 Å². The molecule has 2 heteroatoms. The third-order valence-corrected chi connectivity index (χ3v) is 4.01. The fraction of sp³-hybridized carbons (Fsp3) is 0.667. The van der Waals surface area contributed by atoms with E-state index < -0.39 is 0 Å². The number of aromatic nitrogens is 1. The SMILES string of the molecule is CCCCCCCCCCSc1ccncc1. The van der Waals surface area contributed by atoms with Gasteiger partial charge in [-0.05, 0) is 24.3 Å². The number of thioether (sulfide) groups is 1. The Morgan fingerprint density at radius 2 is 1.47 bits per heavy atom. The van der Waals surface area contributed by atoms with Crippen molar-refractivity contribution < 1.29 is 0 Å². The first kappa shape index (κ1) is 14.6. The van der Waals surface area contributed by atoms with Crippen molar-refractivity contribution in [2.75, 3.05) is 5.75 Å². The summed E-state index contributed by atoms with van der Waals surface area (Å²) >= 11 is 1.95. The summed E-state index contributed by atoms with van der Waals surface area (Å²) in [7, 11) is 0. The first-order chi connectivity index (χ1) is 8.43. The second kappa shape index (κ2) is 10.6. The van der Waals surface area contributed by atoms with Crippen molar-refractivity contribution >= 4 is 11.8 Å². The van der Waals surface area contributed by atoms with Crippen LogP contribution in [0.3, 0.4) is 0 Å². The molecule has 0 atom stereocenters. The Hall–Kier alpha value is -0.500. The summed E-state index contributed by atoms with van der Waals surface area (Å²) in [6.07, 6.45) is 15.0. The molecule has 0 amide bonds. The Labute approximate surface area is 110 Å². The molecule has 0 spiro atoms. The van der Waals surface area contributed by atoms with Crippen LogP contribution in [0.4, 0.5) is 0 Å². The van der Waals surface area contributed by atoms with Crippen LogP contribution >= 0.6 is 11.8 Å². The normalized spacial score (nSPS) is 10.6. The van der Waals surface area contributed by atoms with Crippen LogP contribution in [0.15, 0.2) is 29.4 Å². The van der Waals surface area contributed by atoms with Gasteiger partial charge in [-0.1, -0.05) is 51.9 Å². The molecule has 0 aliphatic carbocycles. The van der Waals surface area contributed by atoms with Crippen molar-refractivity contribution in [3.8, 4) is 0 Å². The molecule has 1 aromatic heterocycles. The third kappa shape index (κ3) is 8.25. The van der Waals surface area contributed by atoms with Crippen LogP contribution in [-0.4, -0.2) is 10.7 Å². The van der Waals surface area contributed by atoms with Crippen LogP contribution in [0, 0.1) is 0 Å². The van der Waals surface area contributed by atoms with Crippen molar-refractivity contribution in [2.24, 2.45) is 0 Å². The number of pyridine rings is 1. The second-order valence-electron chi connectivity index (χ2n) is 4.51. The molecule has 1 nitrogen and oxygen atoms in total. The second-order valence-corrected chi connectivity index (χ2v) is 5.67. The van der Waals surface area contributed by atoms with Crippen molar-refractivity contribution in [3.63, 3.8) is 0 Å². The fourth-order valence-electron chi connectivity index (χ4n) is 1.86. The van der Waals surface area contributed by atoms with E-state index in [1.165, 1.54) is 62.0 Å². The lowest BCUT2D eigenvalue weighted by Crippen LogP contribution is -1.83. The maximum atomic E-state index is 4.03. The first-order valence-electron chi connectivity index (χ1n) is 6.96. The predicted molar refractivity (Wildman–Crippen MR) is 77.6 cm³/mol. The molecular weight excluding hydrogens is 226 g/mol. The minimum atomic E-state index is 1.25. The minimum absolute atomic E-state index is 1.25. The molecule has 96 valence electrons. The largest absolute Gasteiger partial charge is 0.265 e. The van der Waals surface area contributed by atoms with Gasteiger partial charge in [0.25, 0.3) is 0 Å². The van der Waals surface area contributed by atoms with E-state index in [-0.39, 0.29) is 0 Å². The van der Waals surface area contributed by atoms with Crippen LogP contribution in [-0.2, 0) is 0 Å². The summed E-state index contributed by atoms with van der Waals surface area (Å²) in [5, 5.41) is 0.